The number of anilines is 1. The van der Waals surface area contributed by atoms with Crippen molar-refractivity contribution in [2.45, 2.75) is 32.9 Å². The average Bonchev–Trinajstić information content (AvgIpc) is 2.86. The summed E-state index contributed by atoms with van der Waals surface area (Å²) in [5.74, 6) is 0.178. The van der Waals surface area contributed by atoms with E-state index in [9.17, 15) is 9.59 Å². The highest BCUT2D eigenvalue weighted by Gasteiger charge is 2.19. The van der Waals surface area contributed by atoms with E-state index >= 15 is 0 Å². The van der Waals surface area contributed by atoms with Crippen molar-refractivity contribution in [3.05, 3.63) is 99.6 Å². The number of hydrogen-bond donors (Lipinski definition) is 2. The van der Waals surface area contributed by atoms with Gasteiger partial charge >= 0.3 is 5.97 Å². The van der Waals surface area contributed by atoms with Gasteiger partial charge in [0.05, 0.1) is 35.3 Å². The highest BCUT2D eigenvalue weighted by atomic mass is 16.5. The molecule has 7 nitrogen and oxygen atoms in total. The number of ether oxygens (including phenoxy) is 1. The van der Waals surface area contributed by atoms with E-state index in [2.05, 4.69) is 5.32 Å². The van der Waals surface area contributed by atoms with Gasteiger partial charge in [0.2, 0.25) is 0 Å². The Balaban J connectivity index is 1.77. The molecule has 0 unspecified atom stereocenters. The summed E-state index contributed by atoms with van der Waals surface area (Å²) in [6.45, 7) is 4.32. The maximum absolute atomic E-state index is 13.8. The molecule has 0 radical (unpaired) electrons. The lowest BCUT2D eigenvalue weighted by Gasteiger charge is -2.19. The van der Waals surface area contributed by atoms with Crippen molar-refractivity contribution in [2.24, 2.45) is 5.73 Å². The molecule has 0 aliphatic carbocycles. The monoisotopic (exact) mass is 456 g/mol. The molecule has 0 spiro atoms. The molecular formula is C27H28N4O3. The van der Waals surface area contributed by atoms with Crippen molar-refractivity contribution < 1.29 is 9.53 Å². The average molecular weight is 457 g/mol. The van der Waals surface area contributed by atoms with Crippen LogP contribution in [-0.2, 0) is 11.3 Å². The first-order valence-electron chi connectivity index (χ1n) is 11.2. The third kappa shape index (κ3) is 4.43. The van der Waals surface area contributed by atoms with Crippen LogP contribution < -0.4 is 16.6 Å². The fourth-order valence-electron chi connectivity index (χ4n) is 4.02. The number of methoxy groups -OCH3 is 1. The number of fused-ring (bicyclic) bond motifs is 1. The molecule has 4 aromatic rings. The normalized spacial score (nSPS) is 11.9. The van der Waals surface area contributed by atoms with Crippen LogP contribution >= 0.6 is 0 Å². The maximum Gasteiger partial charge on any atom is 0.338 e. The van der Waals surface area contributed by atoms with Crippen molar-refractivity contribution in [1.29, 1.82) is 0 Å². The predicted molar refractivity (Wildman–Crippen MR) is 134 cm³/mol. The van der Waals surface area contributed by atoms with E-state index in [-0.39, 0.29) is 17.6 Å². The topological polar surface area (TPSA) is 99.2 Å². The fourth-order valence-corrected chi connectivity index (χ4v) is 4.02. The van der Waals surface area contributed by atoms with Gasteiger partial charge in [-0.15, -0.1) is 0 Å². The first-order valence-corrected chi connectivity index (χ1v) is 11.2. The Kier molecular flexibility index (Phi) is 6.75. The second kappa shape index (κ2) is 9.89. The van der Waals surface area contributed by atoms with Crippen LogP contribution in [-0.4, -0.2) is 22.6 Å². The zero-order valence-corrected chi connectivity index (χ0v) is 19.5. The Hall–Kier alpha value is -3.97. The molecule has 0 aliphatic heterocycles. The first-order chi connectivity index (χ1) is 16.4. The van der Waals surface area contributed by atoms with E-state index < -0.39 is 0 Å². The molecule has 7 heteroatoms. The van der Waals surface area contributed by atoms with Crippen molar-refractivity contribution in [2.75, 3.05) is 12.4 Å². The van der Waals surface area contributed by atoms with Crippen LogP contribution in [0.4, 0.5) is 5.69 Å². The summed E-state index contributed by atoms with van der Waals surface area (Å²) in [7, 11) is 1.37. The van der Waals surface area contributed by atoms with Gasteiger partial charge in [-0.25, -0.2) is 9.78 Å². The second-order valence-electron chi connectivity index (χ2n) is 8.15. The van der Waals surface area contributed by atoms with Crippen LogP contribution in [0.3, 0.4) is 0 Å². The smallest absolute Gasteiger partial charge is 0.338 e. The van der Waals surface area contributed by atoms with Gasteiger partial charge < -0.3 is 15.8 Å². The largest absolute Gasteiger partial charge is 0.465 e. The molecule has 1 heterocycles. The fraction of sp³-hybridized carbons (Fsp3) is 0.222. The van der Waals surface area contributed by atoms with E-state index in [0.717, 1.165) is 16.8 Å². The SMILES string of the molecule is CC[C@H](N)c1nc2cccc(NCc3ccc(C(=O)OC)c(C)c3)c2c(=O)n1-c1ccccc1. The minimum Gasteiger partial charge on any atom is -0.465 e. The summed E-state index contributed by atoms with van der Waals surface area (Å²) in [6, 6.07) is 20.2. The highest BCUT2D eigenvalue weighted by molar-refractivity contribution is 5.92. The quantitative estimate of drug-likeness (QED) is 0.397. The van der Waals surface area contributed by atoms with Crippen LogP contribution in [0, 0.1) is 6.92 Å². The van der Waals surface area contributed by atoms with Gasteiger partial charge in [0, 0.05) is 12.2 Å². The van der Waals surface area contributed by atoms with Gasteiger partial charge in [-0.2, -0.15) is 0 Å². The molecule has 3 aromatic carbocycles. The van der Waals surface area contributed by atoms with Crippen LogP contribution in [0.25, 0.3) is 16.6 Å². The minimum atomic E-state index is -0.370. The van der Waals surface area contributed by atoms with Crippen molar-refractivity contribution in [3.63, 3.8) is 0 Å². The van der Waals surface area contributed by atoms with Gasteiger partial charge in [-0.05, 0) is 54.8 Å². The molecule has 0 aliphatic rings. The molecule has 4 rings (SSSR count). The summed E-state index contributed by atoms with van der Waals surface area (Å²) in [4.78, 5) is 30.4. The van der Waals surface area contributed by atoms with Gasteiger partial charge in [0.25, 0.3) is 5.56 Å². The molecule has 0 fully saturated rings. The van der Waals surface area contributed by atoms with E-state index in [1.54, 1.807) is 10.6 Å². The Morgan fingerprint density at radius 2 is 1.88 bits per heavy atom. The lowest BCUT2D eigenvalue weighted by Crippen LogP contribution is -2.28. The molecule has 0 saturated heterocycles. The zero-order chi connectivity index (χ0) is 24.2. The summed E-state index contributed by atoms with van der Waals surface area (Å²) in [6.07, 6.45) is 0.656. The number of aromatic nitrogens is 2. The molecule has 174 valence electrons. The van der Waals surface area contributed by atoms with E-state index in [1.165, 1.54) is 7.11 Å². The van der Waals surface area contributed by atoms with Crippen LogP contribution in [0.15, 0.2) is 71.5 Å². The number of nitrogens with two attached hydrogens (primary N) is 1. The number of benzene rings is 3. The Bertz CT molecular complexity index is 1400. The maximum atomic E-state index is 13.8. The third-order valence-electron chi connectivity index (χ3n) is 5.89. The number of nitrogens with one attached hydrogen (secondary N) is 1. The van der Waals surface area contributed by atoms with Crippen LogP contribution in [0.5, 0.6) is 0 Å². The van der Waals surface area contributed by atoms with E-state index in [0.29, 0.717) is 40.9 Å². The van der Waals surface area contributed by atoms with Crippen molar-refractivity contribution in [3.8, 4) is 5.69 Å². The predicted octanol–water partition coefficient (Wildman–Crippen LogP) is 4.50. The molecule has 1 aromatic heterocycles. The second-order valence-corrected chi connectivity index (χ2v) is 8.15. The number of carbonyl (C=O) groups is 1. The molecule has 34 heavy (non-hydrogen) atoms. The lowest BCUT2D eigenvalue weighted by molar-refractivity contribution is 0.0600. The molecule has 0 amide bonds. The van der Waals surface area contributed by atoms with E-state index in [4.69, 9.17) is 15.5 Å². The van der Waals surface area contributed by atoms with Crippen LogP contribution in [0.1, 0.15) is 46.7 Å². The number of esters is 1. The highest BCUT2D eigenvalue weighted by Crippen LogP contribution is 2.24. The number of aryl methyl sites for hydroxylation is 1. The number of nitrogens with zero attached hydrogens (tertiary/aromatic N) is 2. The van der Waals surface area contributed by atoms with Crippen molar-refractivity contribution >= 4 is 22.6 Å². The Labute approximate surface area is 198 Å². The van der Waals surface area contributed by atoms with Gasteiger partial charge in [-0.3, -0.25) is 9.36 Å². The first kappa shape index (κ1) is 23.2. The van der Waals surface area contributed by atoms with Crippen molar-refractivity contribution in [1.82, 2.24) is 9.55 Å². The number of para-hydroxylation sites is 1. The summed E-state index contributed by atoms with van der Waals surface area (Å²) in [5, 5.41) is 3.88. The molecule has 0 saturated carbocycles. The molecule has 0 bridgehead atoms. The molecule has 3 N–H and O–H groups in total. The van der Waals surface area contributed by atoms with E-state index in [1.807, 2.05) is 74.5 Å². The Morgan fingerprint density at radius 1 is 1.12 bits per heavy atom. The minimum absolute atomic E-state index is 0.171. The third-order valence-corrected chi connectivity index (χ3v) is 5.89. The molecule has 1 atom stereocenters. The summed E-state index contributed by atoms with van der Waals surface area (Å²) >= 11 is 0. The number of carbonyl (C=O) groups excluding carboxylic acids is 1. The zero-order valence-electron chi connectivity index (χ0n) is 19.5. The van der Waals surface area contributed by atoms with Gasteiger partial charge in [0.1, 0.15) is 5.82 Å². The Morgan fingerprint density at radius 3 is 2.56 bits per heavy atom. The van der Waals surface area contributed by atoms with Gasteiger partial charge in [-0.1, -0.05) is 43.3 Å². The summed E-state index contributed by atoms with van der Waals surface area (Å²) < 4.78 is 6.43. The number of hydrogen-bond acceptors (Lipinski definition) is 6. The standard InChI is InChI=1S/C27H28N4O3/c1-4-21(28)25-30-23-12-8-11-22(24(23)26(32)31(25)19-9-6-5-7-10-19)29-16-18-13-14-20(17(2)15-18)27(33)34-3/h5-15,21,29H,4,16,28H2,1-3H3/t21-/m0/s1. The van der Waals surface area contributed by atoms with Crippen LogP contribution in [0.2, 0.25) is 0 Å². The lowest BCUT2D eigenvalue weighted by atomic mass is 10.0. The molecular weight excluding hydrogens is 428 g/mol. The summed E-state index contributed by atoms with van der Waals surface area (Å²) in [5.41, 5.74) is 10.5. The number of rotatable bonds is 7. The van der Waals surface area contributed by atoms with Gasteiger partial charge in [0.15, 0.2) is 0 Å².